The Balaban J connectivity index is 1.41. The highest BCUT2D eigenvalue weighted by molar-refractivity contribution is 5.96. The number of hydrogen-bond acceptors (Lipinski definition) is 5. The lowest BCUT2D eigenvalue weighted by atomic mass is 10.2. The SMILES string of the molecule is COc1ccc(OCCn2c(CCNC(=O)c3ccccc3OC)nc3ccccc32)cc1. The molecule has 1 amide bonds. The normalized spacial score (nSPS) is 10.7. The van der Waals surface area contributed by atoms with Crippen LogP contribution in [-0.4, -0.2) is 42.8 Å². The molecule has 1 aromatic heterocycles. The Morgan fingerprint density at radius 2 is 1.64 bits per heavy atom. The number of hydrogen-bond donors (Lipinski definition) is 1. The summed E-state index contributed by atoms with van der Waals surface area (Å²) in [5, 5.41) is 2.97. The van der Waals surface area contributed by atoms with E-state index in [-0.39, 0.29) is 5.91 Å². The molecule has 7 nitrogen and oxygen atoms in total. The number of methoxy groups -OCH3 is 2. The lowest BCUT2D eigenvalue weighted by molar-refractivity contribution is 0.0951. The molecule has 7 heteroatoms. The van der Waals surface area contributed by atoms with Gasteiger partial charge in [0.05, 0.1) is 37.4 Å². The number of ether oxygens (including phenoxy) is 3. The van der Waals surface area contributed by atoms with Gasteiger partial charge < -0.3 is 24.1 Å². The summed E-state index contributed by atoms with van der Waals surface area (Å²) in [7, 11) is 3.20. The second kappa shape index (κ2) is 10.5. The summed E-state index contributed by atoms with van der Waals surface area (Å²) in [6.07, 6.45) is 0.595. The summed E-state index contributed by atoms with van der Waals surface area (Å²) >= 11 is 0. The first-order valence-electron chi connectivity index (χ1n) is 10.8. The van der Waals surface area contributed by atoms with Crippen molar-refractivity contribution in [3.05, 3.63) is 84.2 Å². The van der Waals surface area contributed by atoms with Crippen molar-refractivity contribution in [2.45, 2.75) is 13.0 Å². The van der Waals surface area contributed by atoms with Crippen LogP contribution in [0.2, 0.25) is 0 Å². The highest BCUT2D eigenvalue weighted by atomic mass is 16.5. The van der Waals surface area contributed by atoms with Gasteiger partial charge in [0, 0.05) is 13.0 Å². The molecule has 0 fully saturated rings. The molecule has 0 radical (unpaired) electrons. The molecule has 4 aromatic rings. The zero-order chi connectivity index (χ0) is 23.0. The first kappa shape index (κ1) is 22.2. The van der Waals surface area contributed by atoms with Crippen molar-refractivity contribution in [3.63, 3.8) is 0 Å². The molecule has 0 atom stereocenters. The summed E-state index contributed by atoms with van der Waals surface area (Å²) in [6, 6.07) is 22.7. The summed E-state index contributed by atoms with van der Waals surface area (Å²) in [4.78, 5) is 17.4. The molecular weight excluding hydrogens is 418 g/mol. The minimum absolute atomic E-state index is 0.169. The maximum Gasteiger partial charge on any atom is 0.255 e. The van der Waals surface area contributed by atoms with Crippen molar-refractivity contribution in [3.8, 4) is 17.2 Å². The van der Waals surface area contributed by atoms with Gasteiger partial charge in [0.25, 0.3) is 5.91 Å². The average Bonchev–Trinajstić information content (AvgIpc) is 3.21. The van der Waals surface area contributed by atoms with E-state index in [0.29, 0.717) is 37.4 Å². The minimum atomic E-state index is -0.169. The first-order chi connectivity index (χ1) is 16.2. The minimum Gasteiger partial charge on any atom is -0.497 e. The Labute approximate surface area is 192 Å². The highest BCUT2D eigenvalue weighted by Crippen LogP contribution is 2.20. The number of carbonyl (C=O) groups is 1. The molecular formula is C26H27N3O4. The van der Waals surface area contributed by atoms with E-state index in [4.69, 9.17) is 19.2 Å². The van der Waals surface area contributed by atoms with E-state index < -0.39 is 0 Å². The fraction of sp³-hybridized carbons (Fsp3) is 0.231. The van der Waals surface area contributed by atoms with E-state index in [1.165, 1.54) is 0 Å². The zero-order valence-electron chi connectivity index (χ0n) is 18.8. The number of para-hydroxylation sites is 3. The number of amides is 1. The zero-order valence-corrected chi connectivity index (χ0v) is 18.8. The third-order valence-electron chi connectivity index (χ3n) is 5.36. The smallest absolute Gasteiger partial charge is 0.255 e. The molecule has 0 spiro atoms. The fourth-order valence-electron chi connectivity index (χ4n) is 3.71. The van der Waals surface area contributed by atoms with Gasteiger partial charge in [-0.05, 0) is 48.5 Å². The molecule has 0 aliphatic heterocycles. The molecule has 33 heavy (non-hydrogen) atoms. The molecule has 170 valence electrons. The highest BCUT2D eigenvalue weighted by Gasteiger charge is 2.13. The van der Waals surface area contributed by atoms with Crippen molar-refractivity contribution in [2.24, 2.45) is 0 Å². The van der Waals surface area contributed by atoms with Crippen LogP contribution in [-0.2, 0) is 13.0 Å². The van der Waals surface area contributed by atoms with Crippen LogP contribution in [0.5, 0.6) is 17.2 Å². The quantitative estimate of drug-likeness (QED) is 0.398. The second-order valence-corrected chi connectivity index (χ2v) is 7.40. The van der Waals surface area contributed by atoms with E-state index >= 15 is 0 Å². The van der Waals surface area contributed by atoms with Gasteiger partial charge in [-0.15, -0.1) is 0 Å². The Kier molecular flexibility index (Phi) is 7.09. The number of aromatic nitrogens is 2. The Hall–Kier alpha value is -4.00. The number of fused-ring (bicyclic) bond motifs is 1. The molecule has 0 bridgehead atoms. The van der Waals surface area contributed by atoms with Crippen LogP contribution < -0.4 is 19.5 Å². The molecule has 4 rings (SSSR count). The number of nitrogens with one attached hydrogen (secondary N) is 1. The maximum atomic E-state index is 12.6. The Morgan fingerprint density at radius 1 is 0.909 bits per heavy atom. The number of nitrogens with zero attached hydrogens (tertiary/aromatic N) is 2. The van der Waals surface area contributed by atoms with Gasteiger partial charge in [0.2, 0.25) is 0 Å². The molecule has 1 heterocycles. The van der Waals surface area contributed by atoms with E-state index in [1.807, 2.05) is 60.7 Å². The van der Waals surface area contributed by atoms with Crippen LogP contribution in [0.3, 0.4) is 0 Å². The van der Waals surface area contributed by atoms with Crippen molar-refractivity contribution in [1.29, 1.82) is 0 Å². The van der Waals surface area contributed by atoms with E-state index in [0.717, 1.165) is 28.4 Å². The number of rotatable bonds is 10. The van der Waals surface area contributed by atoms with Gasteiger partial charge in [0.15, 0.2) is 0 Å². The van der Waals surface area contributed by atoms with Gasteiger partial charge in [-0.2, -0.15) is 0 Å². The predicted octanol–water partition coefficient (Wildman–Crippen LogP) is 4.11. The van der Waals surface area contributed by atoms with E-state index in [9.17, 15) is 4.79 Å². The van der Waals surface area contributed by atoms with Gasteiger partial charge in [-0.3, -0.25) is 4.79 Å². The van der Waals surface area contributed by atoms with E-state index in [2.05, 4.69) is 9.88 Å². The van der Waals surface area contributed by atoms with Gasteiger partial charge in [-0.1, -0.05) is 24.3 Å². The van der Waals surface area contributed by atoms with Crippen LogP contribution in [0, 0.1) is 0 Å². The Bertz CT molecular complexity index is 1220. The molecule has 0 aliphatic carbocycles. The summed E-state index contributed by atoms with van der Waals surface area (Å²) < 4.78 is 18.5. The topological polar surface area (TPSA) is 74.6 Å². The van der Waals surface area contributed by atoms with Crippen LogP contribution >= 0.6 is 0 Å². The standard InChI is InChI=1S/C26H27N3O4/c1-31-19-11-13-20(14-12-19)33-18-17-29-23-9-5-4-8-22(23)28-25(29)15-16-27-26(30)21-7-3-6-10-24(21)32-2/h3-14H,15-18H2,1-2H3,(H,27,30). The van der Waals surface area contributed by atoms with Gasteiger partial charge >= 0.3 is 0 Å². The lowest BCUT2D eigenvalue weighted by Crippen LogP contribution is -2.27. The molecule has 0 aliphatic rings. The van der Waals surface area contributed by atoms with Crippen molar-refractivity contribution >= 4 is 16.9 Å². The average molecular weight is 446 g/mol. The largest absolute Gasteiger partial charge is 0.497 e. The summed E-state index contributed by atoms with van der Waals surface area (Å²) in [6.45, 7) is 1.59. The second-order valence-electron chi connectivity index (χ2n) is 7.40. The maximum absolute atomic E-state index is 12.6. The number of benzene rings is 3. The number of carbonyl (C=O) groups excluding carboxylic acids is 1. The predicted molar refractivity (Wildman–Crippen MR) is 127 cm³/mol. The van der Waals surface area contributed by atoms with Crippen LogP contribution in [0.4, 0.5) is 0 Å². The molecule has 0 saturated heterocycles. The fourth-order valence-corrected chi connectivity index (χ4v) is 3.71. The third-order valence-corrected chi connectivity index (χ3v) is 5.36. The monoisotopic (exact) mass is 445 g/mol. The molecule has 0 unspecified atom stereocenters. The van der Waals surface area contributed by atoms with E-state index in [1.54, 1.807) is 26.4 Å². The van der Waals surface area contributed by atoms with Crippen molar-refractivity contribution in [2.75, 3.05) is 27.4 Å². The van der Waals surface area contributed by atoms with Crippen LogP contribution in [0.15, 0.2) is 72.8 Å². The first-order valence-corrected chi connectivity index (χ1v) is 10.8. The summed E-state index contributed by atoms with van der Waals surface area (Å²) in [5.74, 6) is 2.86. The molecule has 0 saturated carbocycles. The lowest BCUT2D eigenvalue weighted by Gasteiger charge is -2.12. The molecule has 3 aromatic carbocycles. The Morgan fingerprint density at radius 3 is 2.42 bits per heavy atom. The van der Waals surface area contributed by atoms with Crippen molar-refractivity contribution in [1.82, 2.24) is 14.9 Å². The third kappa shape index (κ3) is 5.26. The van der Waals surface area contributed by atoms with Gasteiger partial charge in [0.1, 0.15) is 29.7 Å². The molecule has 1 N–H and O–H groups in total. The van der Waals surface area contributed by atoms with Crippen molar-refractivity contribution < 1.29 is 19.0 Å². The number of imidazole rings is 1. The summed E-state index contributed by atoms with van der Waals surface area (Å²) in [5.41, 5.74) is 2.48. The van der Waals surface area contributed by atoms with Crippen LogP contribution in [0.1, 0.15) is 16.2 Å². The van der Waals surface area contributed by atoms with Gasteiger partial charge in [-0.25, -0.2) is 4.98 Å². The van der Waals surface area contributed by atoms with Crippen LogP contribution in [0.25, 0.3) is 11.0 Å².